The largest absolute Gasteiger partial charge is 0.356 e. The number of fused-ring (bicyclic) bond motifs is 7. The van der Waals surface area contributed by atoms with E-state index >= 15 is 0 Å². The van der Waals surface area contributed by atoms with Crippen molar-refractivity contribution in [2.24, 2.45) is 34.9 Å². The van der Waals surface area contributed by atoms with Crippen LogP contribution in [0.1, 0.15) is 38.9 Å². The number of hydrogen-bond acceptors (Lipinski definition) is 28. The number of amides is 7. The van der Waals surface area contributed by atoms with Crippen molar-refractivity contribution >= 4 is 145 Å². The van der Waals surface area contributed by atoms with Crippen LogP contribution in [0.15, 0.2) is 250 Å². The molecule has 7 aromatic heterocycles. The topological polar surface area (TPSA) is 432 Å². The summed E-state index contributed by atoms with van der Waals surface area (Å²) in [6, 6.07) is 14.5. The Morgan fingerprint density at radius 1 is 0.303 bits per heavy atom. The van der Waals surface area contributed by atoms with Gasteiger partial charge in [-0.2, -0.15) is 0 Å². The van der Waals surface area contributed by atoms with E-state index in [2.05, 4.69) is 164 Å². The first-order valence-electron chi connectivity index (χ1n) is 37.7. The Bertz CT molecular complexity index is 4720. The summed E-state index contributed by atoms with van der Waals surface area (Å²) in [5.41, 5.74) is 23.3. The first kappa shape index (κ1) is 80.9. The van der Waals surface area contributed by atoms with E-state index in [0.717, 1.165) is 143 Å². The van der Waals surface area contributed by atoms with E-state index in [0.29, 0.717) is 105 Å². The summed E-state index contributed by atoms with van der Waals surface area (Å²) in [6.07, 6.45) is 25.5. The lowest BCUT2D eigenvalue weighted by atomic mass is 10.0. The first-order chi connectivity index (χ1) is 57.7. The summed E-state index contributed by atoms with van der Waals surface area (Å²) in [7, 11) is 0. The number of aromatic nitrogens is 7. The smallest absolute Gasteiger partial charge is 0.259 e. The third-order valence-corrected chi connectivity index (χ3v) is 22.4. The maximum Gasteiger partial charge on any atom is 0.259 e. The molecule has 602 valence electrons. The third kappa shape index (κ3) is 19.4. The number of ether oxygens (including phenoxy) is 3. The Balaban J connectivity index is 0.000000108. The summed E-state index contributed by atoms with van der Waals surface area (Å²) in [5, 5.41) is 25.0. The molecule has 21 heterocycles. The number of thioether (sulfide) groups is 2. The zero-order valence-electron chi connectivity index (χ0n) is 64.2. The maximum absolute atomic E-state index is 11.9. The molecular weight excluding hydrogens is 1560 g/mol. The molecule has 21 rings (SSSR count). The number of hydrogen-bond donors (Lipinski definition) is 9. The highest BCUT2D eigenvalue weighted by molar-refractivity contribution is 8.01. The van der Waals surface area contributed by atoms with E-state index in [1.807, 2.05) is 54.7 Å². The summed E-state index contributed by atoms with van der Waals surface area (Å²) in [5.74, 6) is 1.42. The fourth-order valence-electron chi connectivity index (χ4n) is 14.1. The minimum absolute atomic E-state index is 0.00855. The lowest BCUT2D eigenvalue weighted by Crippen LogP contribution is -2.55. The standard InChI is InChI=1S/2C12H12N4O.3C12H11N3O2.2C12H11N3OS/c1-7-5-14-11(12(17)15-7)10-4-8-6-13-3-2-9(8)16-10;1-7-5-14-11(12(17)15-7)9-4-8-2-3-13-6-10(8)16-9;1-7-6-17-11(12(16)14-7)10-4-8-5-13-3-2-9(8)15-10;1-7-6-17-11(12(16)14-7)9-4-8-2-3-13-5-10(8)15-9;1-7-6-17-10(12(16)14-7)9-5-8-3-2-4-13-11(8)15-9;1-7-6-17-11(12(16)14-7)10-4-8-5-13-3-2-9(8)15-10;1-7-6-17-11(12(16)14-7)9-4-8-2-3-13-5-10(8)15-9/h2*2-3,6,11,14H,1,4-5H2,(H,15,17);2*2-3,5,11H,1,4,6H2,(H,14,16);2-4,10H,1,5-6H2,(H,14,16);2*2-3,5,11H,1,4,6H2,(H,14,16). The molecule has 35 heteroatoms. The van der Waals surface area contributed by atoms with Crippen LogP contribution in [-0.4, -0.2) is 202 Å². The van der Waals surface area contributed by atoms with Crippen LogP contribution in [0.3, 0.4) is 0 Å². The van der Waals surface area contributed by atoms with E-state index in [9.17, 15) is 33.6 Å². The van der Waals surface area contributed by atoms with E-state index in [-0.39, 0.29) is 63.9 Å². The molecule has 7 fully saturated rings. The number of aliphatic imine (C=N–C) groups is 7. The van der Waals surface area contributed by atoms with Crippen molar-refractivity contribution in [1.29, 1.82) is 0 Å². The van der Waals surface area contributed by atoms with Gasteiger partial charge in [0.25, 0.3) is 17.7 Å². The molecule has 0 bridgehead atoms. The second-order valence-electron chi connectivity index (χ2n) is 28.7. The molecular formula is C84H79N23O10S2. The van der Waals surface area contributed by atoms with Gasteiger partial charge in [0.15, 0.2) is 24.1 Å². The summed E-state index contributed by atoms with van der Waals surface area (Å²) >= 11 is 3.17. The number of nitrogens with zero attached hydrogens (tertiary/aromatic N) is 14. The molecule has 7 atom stereocenters. The van der Waals surface area contributed by atoms with Gasteiger partial charge in [-0.25, -0.2) is 9.98 Å². The lowest BCUT2D eigenvalue weighted by Gasteiger charge is -2.24. The zero-order valence-corrected chi connectivity index (χ0v) is 65.8. The van der Waals surface area contributed by atoms with Crippen molar-refractivity contribution in [3.05, 3.63) is 254 Å². The minimum atomic E-state index is -0.616. The summed E-state index contributed by atoms with van der Waals surface area (Å²) < 4.78 is 16.4. The Morgan fingerprint density at radius 3 is 1.03 bits per heavy atom. The van der Waals surface area contributed by atoms with Gasteiger partial charge in [0.2, 0.25) is 23.6 Å². The molecule has 0 radical (unpaired) electrons. The second kappa shape index (κ2) is 36.5. The van der Waals surface area contributed by atoms with Gasteiger partial charge in [-0.05, 0) is 59.2 Å². The molecule has 7 unspecified atom stereocenters. The zero-order chi connectivity index (χ0) is 82.8. The predicted octanol–water partition coefficient (Wildman–Crippen LogP) is 5.75. The van der Waals surface area contributed by atoms with Gasteiger partial charge in [-0.1, -0.05) is 52.1 Å². The average Bonchev–Trinajstić information content (AvgIpc) is 1.73. The monoisotopic (exact) mass is 1630 g/mol. The Hall–Kier alpha value is -13.3. The van der Waals surface area contributed by atoms with Crippen molar-refractivity contribution in [3.63, 3.8) is 0 Å². The Kier molecular flexibility index (Phi) is 24.8. The lowest BCUT2D eigenvalue weighted by molar-refractivity contribution is -0.131. The SMILES string of the molecule is C=C1CNC(C2=Nc3ccncc3C2)C(=O)N1.C=C1CNC(C2=Nc3cnccc3C2)C(=O)N1.C=C1COC(C2=Nc3ccncc3C2)C(=O)N1.C=C1COC(C2=Nc3cnccc3C2)C(=O)N1.C=C1COC(C2=Nc3ncccc3C2)C(=O)N1.C=C1CSC(C2=Nc3ccncc3C2)C(=O)N1.C=C1CSC(C2=Nc3cnccc3C2)C(=O)N1. The highest BCUT2D eigenvalue weighted by Crippen LogP contribution is 2.36. The van der Waals surface area contributed by atoms with Crippen LogP contribution < -0.4 is 47.9 Å². The molecule has 119 heavy (non-hydrogen) atoms. The van der Waals surface area contributed by atoms with Gasteiger partial charge in [-0.15, -0.1) is 23.5 Å². The second-order valence-corrected chi connectivity index (χ2v) is 30.9. The molecule has 7 aromatic rings. The van der Waals surface area contributed by atoms with Crippen LogP contribution in [-0.2, 0) is 92.7 Å². The third-order valence-electron chi connectivity index (χ3n) is 19.8. The van der Waals surface area contributed by atoms with E-state index in [1.54, 1.807) is 97.9 Å². The quantitative estimate of drug-likeness (QED) is 0.0916. The van der Waals surface area contributed by atoms with Crippen molar-refractivity contribution in [1.82, 2.24) is 82.7 Å². The van der Waals surface area contributed by atoms with Crippen LogP contribution in [0.5, 0.6) is 0 Å². The van der Waals surface area contributed by atoms with Crippen molar-refractivity contribution < 1.29 is 47.8 Å². The van der Waals surface area contributed by atoms with Gasteiger partial charge >= 0.3 is 0 Å². The summed E-state index contributed by atoms with van der Waals surface area (Å²) in [4.78, 5) is 142. The van der Waals surface area contributed by atoms with E-state index in [1.165, 1.54) is 0 Å². The molecule has 14 aliphatic rings. The number of piperazine rings is 2. The maximum atomic E-state index is 11.9. The number of rotatable bonds is 7. The molecule has 7 amide bonds. The number of nitrogens with one attached hydrogen (secondary N) is 9. The number of carbonyl (C=O) groups is 7. The highest BCUT2D eigenvalue weighted by atomic mass is 32.2. The molecule has 0 spiro atoms. The van der Waals surface area contributed by atoms with Gasteiger partial charge in [0, 0.05) is 216 Å². The molecule has 9 N–H and O–H groups in total. The Morgan fingerprint density at radius 2 is 0.622 bits per heavy atom. The van der Waals surface area contributed by atoms with E-state index in [4.69, 9.17) is 14.2 Å². The number of pyridine rings is 7. The molecule has 33 nitrogen and oxygen atoms in total. The van der Waals surface area contributed by atoms with Crippen LogP contribution >= 0.6 is 23.5 Å². The average molecular weight is 1630 g/mol. The normalized spacial score (nSPS) is 23.1. The first-order valence-corrected chi connectivity index (χ1v) is 39.8. The number of morpholine rings is 3. The summed E-state index contributed by atoms with van der Waals surface area (Å²) in [6.45, 7) is 28.1. The fraction of sp³-hybridized carbons (Fsp3) is 0.250. The Labute approximate surface area is 690 Å². The number of carbonyl (C=O) groups excluding carboxylic acids is 7. The fourth-order valence-corrected chi connectivity index (χ4v) is 16.1. The van der Waals surface area contributed by atoms with Crippen molar-refractivity contribution in [2.45, 2.75) is 85.8 Å². The van der Waals surface area contributed by atoms with Gasteiger partial charge < -0.3 is 51.4 Å². The van der Waals surface area contributed by atoms with Gasteiger partial charge in [0.05, 0.1) is 89.7 Å². The van der Waals surface area contributed by atoms with Gasteiger partial charge in [0.1, 0.15) is 22.6 Å². The van der Waals surface area contributed by atoms with E-state index < -0.39 is 18.3 Å². The van der Waals surface area contributed by atoms with Crippen LogP contribution in [0.2, 0.25) is 0 Å². The predicted molar refractivity (Wildman–Crippen MR) is 452 cm³/mol. The molecule has 7 saturated heterocycles. The van der Waals surface area contributed by atoms with Crippen LogP contribution in [0.25, 0.3) is 0 Å². The van der Waals surface area contributed by atoms with Crippen molar-refractivity contribution in [2.75, 3.05) is 44.4 Å². The van der Waals surface area contributed by atoms with Crippen LogP contribution in [0, 0.1) is 0 Å². The molecule has 0 aromatic carbocycles. The molecule has 0 saturated carbocycles. The van der Waals surface area contributed by atoms with Crippen molar-refractivity contribution in [3.8, 4) is 0 Å². The van der Waals surface area contributed by atoms with Gasteiger partial charge in [-0.3, -0.25) is 104 Å². The van der Waals surface area contributed by atoms with Crippen LogP contribution in [0.4, 0.5) is 39.9 Å². The molecule has 0 aliphatic carbocycles. The highest BCUT2D eigenvalue weighted by Gasteiger charge is 2.39. The minimum Gasteiger partial charge on any atom is -0.356 e. The molecule has 14 aliphatic heterocycles.